The number of nitrogen functional groups attached to an aromatic ring is 1. The zero-order valence-electron chi connectivity index (χ0n) is 10.8. The minimum atomic E-state index is -2.86. The van der Waals surface area contributed by atoms with E-state index in [1.807, 2.05) is 31.2 Å². The molecule has 0 spiro atoms. The van der Waals surface area contributed by atoms with E-state index in [1.165, 1.54) is 0 Å². The van der Waals surface area contributed by atoms with E-state index < -0.39 is 9.84 Å². The Morgan fingerprint density at radius 3 is 2.78 bits per heavy atom. The lowest BCUT2D eigenvalue weighted by molar-refractivity contribution is 0.169. The first-order valence-corrected chi connectivity index (χ1v) is 8.03. The van der Waals surface area contributed by atoms with E-state index in [1.54, 1.807) is 0 Å². The maximum atomic E-state index is 11.6. The van der Waals surface area contributed by atoms with Crippen LogP contribution in [0.1, 0.15) is 25.5 Å². The minimum absolute atomic E-state index is 0.0557. The molecule has 5 heteroatoms. The molecular formula is C13H20N2O2S. The second-order valence-corrected chi connectivity index (χ2v) is 7.28. The molecule has 4 nitrogen and oxygen atoms in total. The van der Waals surface area contributed by atoms with Crippen LogP contribution in [0.4, 0.5) is 5.69 Å². The van der Waals surface area contributed by atoms with Gasteiger partial charge in [0.1, 0.15) is 0 Å². The van der Waals surface area contributed by atoms with Gasteiger partial charge in [0.2, 0.25) is 0 Å². The molecule has 18 heavy (non-hydrogen) atoms. The predicted octanol–water partition coefficient (Wildman–Crippen LogP) is 1.45. The van der Waals surface area contributed by atoms with Gasteiger partial charge in [-0.05, 0) is 31.5 Å². The standard InChI is InChI=1S/C13H20N2O2S/c1-10-9-18(16,17)7-6-15(10)11(2)12-4-3-5-13(14)8-12/h3-5,8,10-11H,6-7,9,14H2,1-2H3. The zero-order valence-corrected chi connectivity index (χ0v) is 11.7. The highest BCUT2D eigenvalue weighted by molar-refractivity contribution is 7.91. The molecule has 1 fully saturated rings. The van der Waals surface area contributed by atoms with Gasteiger partial charge in [-0.1, -0.05) is 12.1 Å². The van der Waals surface area contributed by atoms with Crippen molar-refractivity contribution in [1.29, 1.82) is 0 Å². The van der Waals surface area contributed by atoms with Crippen molar-refractivity contribution in [3.05, 3.63) is 29.8 Å². The van der Waals surface area contributed by atoms with Crippen molar-refractivity contribution in [1.82, 2.24) is 4.90 Å². The van der Waals surface area contributed by atoms with Gasteiger partial charge in [-0.3, -0.25) is 4.90 Å². The highest BCUT2D eigenvalue weighted by Gasteiger charge is 2.31. The Labute approximate surface area is 109 Å². The zero-order chi connectivity index (χ0) is 13.3. The molecule has 2 unspecified atom stereocenters. The number of hydrogen-bond acceptors (Lipinski definition) is 4. The van der Waals surface area contributed by atoms with Crippen molar-refractivity contribution >= 4 is 15.5 Å². The lowest BCUT2D eigenvalue weighted by Gasteiger charge is -2.38. The van der Waals surface area contributed by atoms with Gasteiger partial charge in [-0.15, -0.1) is 0 Å². The number of sulfone groups is 1. The lowest BCUT2D eigenvalue weighted by Crippen LogP contribution is -2.47. The van der Waals surface area contributed by atoms with E-state index >= 15 is 0 Å². The molecule has 1 aromatic carbocycles. The lowest BCUT2D eigenvalue weighted by atomic mass is 10.0. The largest absolute Gasteiger partial charge is 0.399 e. The van der Waals surface area contributed by atoms with Crippen LogP contribution in [0.25, 0.3) is 0 Å². The fourth-order valence-electron chi connectivity index (χ4n) is 2.60. The normalized spacial score (nSPS) is 25.8. The number of rotatable bonds is 2. The van der Waals surface area contributed by atoms with Crippen LogP contribution < -0.4 is 5.73 Å². The van der Waals surface area contributed by atoms with Crippen molar-refractivity contribution in [2.24, 2.45) is 0 Å². The van der Waals surface area contributed by atoms with Crippen molar-refractivity contribution in [3.63, 3.8) is 0 Å². The summed E-state index contributed by atoms with van der Waals surface area (Å²) in [6.45, 7) is 4.67. The van der Waals surface area contributed by atoms with Gasteiger partial charge in [0.05, 0.1) is 11.5 Å². The van der Waals surface area contributed by atoms with Crippen LogP contribution in [0.2, 0.25) is 0 Å². The Kier molecular flexibility index (Phi) is 3.64. The smallest absolute Gasteiger partial charge is 0.153 e. The van der Waals surface area contributed by atoms with Crippen LogP contribution in [0.3, 0.4) is 0 Å². The average molecular weight is 268 g/mol. The Morgan fingerprint density at radius 2 is 2.17 bits per heavy atom. The molecule has 1 aliphatic rings. The Balaban J connectivity index is 2.17. The summed E-state index contributed by atoms with van der Waals surface area (Å²) in [5, 5.41) is 0. The average Bonchev–Trinajstić information content (AvgIpc) is 2.27. The number of hydrogen-bond donors (Lipinski definition) is 1. The van der Waals surface area contributed by atoms with Gasteiger partial charge in [0, 0.05) is 24.3 Å². The number of benzene rings is 1. The summed E-state index contributed by atoms with van der Waals surface area (Å²) in [4.78, 5) is 2.23. The van der Waals surface area contributed by atoms with Gasteiger partial charge in [-0.2, -0.15) is 0 Å². The minimum Gasteiger partial charge on any atom is -0.399 e. The summed E-state index contributed by atoms with van der Waals surface area (Å²) in [7, 11) is -2.86. The SMILES string of the molecule is CC1CS(=O)(=O)CCN1C(C)c1cccc(N)c1. The number of nitrogens with two attached hydrogens (primary N) is 1. The molecule has 100 valence electrons. The molecule has 1 aromatic rings. The van der Waals surface area contributed by atoms with E-state index in [0.29, 0.717) is 6.54 Å². The Hall–Kier alpha value is -1.07. The fraction of sp³-hybridized carbons (Fsp3) is 0.538. The van der Waals surface area contributed by atoms with Gasteiger partial charge in [0.15, 0.2) is 9.84 Å². The second kappa shape index (κ2) is 4.90. The summed E-state index contributed by atoms with van der Waals surface area (Å²) in [5.74, 6) is 0.504. The van der Waals surface area contributed by atoms with Crippen LogP contribution in [0, 0.1) is 0 Å². The summed E-state index contributed by atoms with van der Waals surface area (Å²) in [5.41, 5.74) is 7.68. The summed E-state index contributed by atoms with van der Waals surface area (Å²) in [6, 6.07) is 8.05. The van der Waals surface area contributed by atoms with Crippen molar-refractivity contribution < 1.29 is 8.42 Å². The molecule has 1 aliphatic heterocycles. The molecule has 1 saturated heterocycles. The van der Waals surface area contributed by atoms with Crippen LogP contribution in [0.5, 0.6) is 0 Å². The molecule has 2 rings (SSSR count). The van der Waals surface area contributed by atoms with E-state index in [-0.39, 0.29) is 23.6 Å². The van der Waals surface area contributed by atoms with Crippen molar-refractivity contribution in [2.75, 3.05) is 23.8 Å². The van der Waals surface area contributed by atoms with E-state index in [9.17, 15) is 8.42 Å². The maximum absolute atomic E-state index is 11.6. The number of nitrogens with zero attached hydrogens (tertiary/aromatic N) is 1. The number of anilines is 1. The molecule has 0 aromatic heterocycles. The van der Waals surface area contributed by atoms with Crippen LogP contribution >= 0.6 is 0 Å². The third-order valence-corrected chi connectivity index (χ3v) is 5.41. The van der Waals surface area contributed by atoms with Gasteiger partial charge >= 0.3 is 0 Å². The first-order chi connectivity index (χ1) is 8.39. The topological polar surface area (TPSA) is 63.4 Å². The second-order valence-electron chi connectivity index (χ2n) is 5.05. The molecule has 0 bridgehead atoms. The Morgan fingerprint density at radius 1 is 1.44 bits per heavy atom. The molecule has 2 atom stereocenters. The predicted molar refractivity (Wildman–Crippen MR) is 74.1 cm³/mol. The molecule has 0 saturated carbocycles. The molecule has 0 aliphatic carbocycles. The summed E-state index contributed by atoms with van der Waals surface area (Å²) < 4.78 is 23.1. The third kappa shape index (κ3) is 2.84. The van der Waals surface area contributed by atoms with Crippen LogP contribution in [-0.4, -0.2) is 37.4 Å². The van der Waals surface area contributed by atoms with Crippen LogP contribution in [0.15, 0.2) is 24.3 Å². The summed E-state index contributed by atoms with van der Waals surface area (Å²) >= 11 is 0. The molecule has 0 radical (unpaired) electrons. The third-order valence-electron chi connectivity index (χ3n) is 3.61. The van der Waals surface area contributed by atoms with Gasteiger partial charge in [0.25, 0.3) is 0 Å². The van der Waals surface area contributed by atoms with E-state index in [2.05, 4.69) is 11.8 Å². The summed E-state index contributed by atoms with van der Waals surface area (Å²) in [6.07, 6.45) is 0. The molecular weight excluding hydrogens is 248 g/mol. The van der Waals surface area contributed by atoms with Crippen molar-refractivity contribution in [3.8, 4) is 0 Å². The highest BCUT2D eigenvalue weighted by atomic mass is 32.2. The van der Waals surface area contributed by atoms with Crippen molar-refractivity contribution in [2.45, 2.75) is 25.9 Å². The molecule has 2 N–H and O–H groups in total. The van der Waals surface area contributed by atoms with Crippen LogP contribution in [-0.2, 0) is 9.84 Å². The van der Waals surface area contributed by atoms with E-state index in [0.717, 1.165) is 11.3 Å². The fourth-order valence-corrected chi connectivity index (χ4v) is 4.18. The quantitative estimate of drug-likeness (QED) is 0.825. The highest BCUT2D eigenvalue weighted by Crippen LogP contribution is 2.26. The molecule has 0 amide bonds. The monoisotopic (exact) mass is 268 g/mol. The molecule has 1 heterocycles. The maximum Gasteiger partial charge on any atom is 0.153 e. The van der Waals surface area contributed by atoms with Gasteiger partial charge in [-0.25, -0.2) is 8.42 Å². The van der Waals surface area contributed by atoms with Gasteiger partial charge < -0.3 is 5.73 Å². The van der Waals surface area contributed by atoms with E-state index in [4.69, 9.17) is 5.73 Å². The Bertz CT molecular complexity index is 528. The first kappa shape index (κ1) is 13.4. The first-order valence-electron chi connectivity index (χ1n) is 6.20.